The highest BCUT2D eigenvalue weighted by atomic mass is 32.2. The first kappa shape index (κ1) is 25.0. The van der Waals surface area contributed by atoms with Gasteiger partial charge in [-0.1, -0.05) is 50.3 Å². The van der Waals surface area contributed by atoms with Crippen LogP contribution >= 0.6 is 0 Å². The van der Waals surface area contributed by atoms with Gasteiger partial charge >= 0.3 is 0 Å². The minimum absolute atomic E-state index is 0.00503. The number of benzene rings is 2. The number of rotatable bonds is 8. The van der Waals surface area contributed by atoms with E-state index >= 15 is 0 Å². The second kappa shape index (κ2) is 9.14. The molecule has 0 radical (unpaired) electrons. The Morgan fingerprint density at radius 3 is 2.73 bits per heavy atom. The van der Waals surface area contributed by atoms with Crippen LogP contribution in [0, 0.1) is 11.8 Å². The molecular weight excluding hydrogens is 484 g/mol. The van der Waals surface area contributed by atoms with Gasteiger partial charge in [0.25, 0.3) is 0 Å². The number of phenolic OH excluding ortho intramolecular Hbond substituents is 1. The van der Waals surface area contributed by atoms with E-state index in [1.54, 1.807) is 10.4 Å². The fraction of sp³-hybridized carbons (Fsp3) is 0.533. The lowest BCUT2D eigenvalue weighted by Gasteiger charge is -2.60. The van der Waals surface area contributed by atoms with Crippen LogP contribution in [0.3, 0.4) is 0 Å². The Morgan fingerprint density at radius 1 is 1.22 bits per heavy atom. The van der Waals surface area contributed by atoms with E-state index in [9.17, 15) is 13.5 Å². The molecule has 0 unspecified atom stereocenters. The minimum atomic E-state index is -3.58. The molecule has 2 aliphatic heterocycles. The van der Waals surface area contributed by atoms with Gasteiger partial charge in [-0.25, -0.2) is 8.42 Å². The van der Waals surface area contributed by atoms with Gasteiger partial charge in [-0.2, -0.15) is 4.31 Å². The monoisotopic (exact) mass is 522 g/mol. The Labute approximate surface area is 221 Å². The lowest BCUT2D eigenvalue weighted by Crippen LogP contribution is -2.69. The number of aromatic hydroxyl groups is 1. The summed E-state index contributed by atoms with van der Waals surface area (Å²) in [6.45, 7) is 10.4. The van der Waals surface area contributed by atoms with Crippen molar-refractivity contribution in [2.75, 3.05) is 19.6 Å². The summed E-state index contributed by atoms with van der Waals surface area (Å²) in [5, 5.41) is 10.9. The topological polar surface area (TPSA) is 70.1 Å². The van der Waals surface area contributed by atoms with E-state index in [2.05, 4.69) is 25.3 Å². The molecule has 7 heteroatoms. The number of hydrogen-bond acceptors (Lipinski definition) is 5. The average molecular weight is 523 g/mol. The smallest absolute Gasteiger partial charge is 0.218 e. The Bertz CT molecular complexity index is 1290. The zero-order valence-electron chi connectivity index (χ0n) is 21.8. The molecule has 4 aliphatic rings. The number of likely N-dealkylation sites (tertiary alicyclic amines) is 1. The van der Waals surface area contributed by atoms with Crippen LogP contribution in [0.4, 0.5) is 0 Å². The van der Waals surface area contributed by atoms with Gasteiger partial charge < -0.3 is 9.84 Å². The van der Waals surface area contributed by atoms with Crippen LogP contribution in [-0.2, 0) is 27.6 Å². The highest BCUT2D eigenvalue weighted by Gasteiger charge is 2.66. The van der Waals surface area contributed by atoms with E-state index in [0.717, 1.165) is 61.2 Å². The van der Waals surface area contributed by atoms with Gasteiger partial charge in [-0.3, -0.25) is 4.90 Å². The maximum Gasteiger partial charge on any atom is 0.218 e. The van der Waals surface area contributed by atoms with Crippen LogP contribution in [0.2, 0.25) is 0 Å². The first-order chi connectivity index (χ1) is 17.8. The summed E-state index contributed by atoms with van der Waals surface area (Å²) in [6, 6.07) is 13.2. The van der Waals surface area contributed by atoms with Crippen molar-refractivity contribution in [2.45, 2.75) is 68.9 Å². The highest BCUT2D eigenvalue weighted by Crippen LogP contribution is 2.63. The van der Waals surface area contributed by atoms with Crippen molar-refractivity contribution in [1.82, 2.24) is 9.21 Å². The van der Waals surface area contributed by atoms with Crippen LogP contribution < -0.4 is 4.74 Å². The molecule has 1 saturated heterocycles. The van der Waals surface area contributed by atoms with Crippen LogP contribution in [0.5, 0.6) is 11.5 Å². The molecule has 2 aliphatic carbocycles. The summed E-state index contributed by atoms with van der Waals surface area (Å²) in [4.78, 5) is 2.51. The van der Waals surface area contributed by atoms with Crippen molar-refractivity contribution in [2.24, 2.45) is 11.8 Å². The lowest BCUT2D eigenvalue weighted by molar-refractivity contribution is -0.0746. The fourth-order valence-electron chi connectivity index (χ4n) is 7.98. The Hall–Kier alpha value is -2.35. The van der Waals surface area contributed by atoms with Crippen LogP contribution in [-0.4, -0.2) is 60.6 Å². The SMILES string of the molecule is C=CCN1CC[C@@]23c4c5ccc(O)c4C[C@@H]1[C@@H]2CC[C@@H](N(CC(C)C)S(=O)(=O)Cc1ccccc1)[C@@H]3O5. The third kappa shape index (κ3) is 3.84. The third-order valence-electron chi connectivity index (χ3n) is 9.25. The molecule has 1 N–H and O–H groups in total. The summed E-state index contributed by atoms with van der Waals surface area (Å²) in [7, 11) is -3.58. The predicted octanol–water partition coefficient (Wildman–Crippen LogP) is 4.47. The van der Waals surface area contributed by atoms with Gasteiger partial charge in [-0.15, -0.1) is 6.58 Å². The fourth-order valence-corrected chi connectivity index (χ4v) is 9.91. The van der Waals surface area contributed by atoms with Crippen molar-refractivity contribution >= 4 is 10.0 Å². The summed E-state index contributed by atoms with van der Waals surface area (Å²) in [6.07, 6.45) is 5.16. The Balaban J connectivity index is 1.44. The summed E-state index contributed by atoms with van der Waals surface area (Å²) in [5.74, 6) is 1.74. The number of piperidine rings is 1. The minimum Gasteiger partial charge on any atom is -0.508 e. The molecule has 2 bridgehead atoms. The van der Waals surface area contributed by atoms with Gasteiger partial charge in [0.1, 0.15) is 17.6 Å². The normalized spacial score (nSPS) is 30.3. The Morgan fingerprint density at radius 2 is 2.00 bits per heavy atom. The van der Waals surface area contributed by atoms with Crippen molar-refractivity contribution in [3.05, 3.63) is 71.8 Å². The molecule has 2 heterocycles. The number of nitrogens with zero attached hydrogens (tertiary/aromatic N) is 2. The molecular formula is C30H38N2O4S. The number of phenols is 1. The molecule has 2 fully saturated rings. The van der Waals surface area contributed by atoms with E-state index < -0.39 is 10.0 Å². The van der Waals surface area contributed by atoms with E-state index in [1.165, 1.54) is 0 Å². The molecule has 6 rings (SSSR count). The van der Waals surface area contributed by atoms with Crippen molar-refractivity contribution in [1.29, 1.82) is 0 Å². The maximum atomic E-state index is 14.0. The molecule has 0 aromatic heterocycles. The van der Waals surface area contributed by atoms with Gasteiger partial charge in [0.05, 0.1) is 11.8 Å². The van der Waals surface area contributed by atoms with E-state index in [1.807, 2.05) is 42.5 Å². The number of ether oxygens (including phenoxy) is 1. The highest BCUT2D eigenvalue weighted by molar-refractivity contribution is 7.88. The molecule has 1 saturated carbocycles. The molecule has 2 aromatic rings. The zero-order chi connectivity index (χ0) is 25.9. The first-order valence-corrected chi connectivity index (χ1v) is 15.3. The van der Waals surface area contributed by atoms with Crippen molar-refractivity contribution < 1.29 is 18.3 Å². The number of sulfonamides is 1. The average Bonchev–Trinajstić information content (AvgIpc) is 3.19. The molecule has 2 aromatic carbocycles. The molecule has 1 spiro atoms. The van der Waals surface area contributed by atoms with Crippen LogP contribution in [0.25, 0.3) is 0 Å². The van der Waals surface area contributed by atoms with Crippen molar-refractivity contribution in [3.8, 4) is 11.5 Å². The van der Waals surface area contributed by atoms with E-state index in [-0.39, 0.29) is 29.2 Å². The predicted molar refractivity (Wildman–Crippen MR) is 145 cm³/mol. The standard InChI is InChI=1S/C30H38N2O4S/c1-4-15-31-16-14-30-23-10-11-24(29(30)36-27-13-12-26(33)22(28(27)30)17-25(23)31)32(18-20(2)3)37(34,35)19-21-8-6-5-7-9-21/h4-9,12-13,20,23-25,29,33H,1,10-11,14-19H2,2-3H3/t23-,24+,25+,29-,30-/m0/s1. The second-order valence-corrected chi connectivity index (χ2v) is 13.7. The molecule has 198 valence electrons. The molecule has 6 nitrogen and oxygen atoms in total. The summed E-state index contributed by atoms with van der Waals surface area (Å²) >= 11 is 0. The molecule has 0 amide bonds. The van der Waals surface area contributed by atoms with Crippen molar-refractivity contribution in [3.63, 3.8) is 0 Å². The molecule has 5 atom stereocenters. The lowest BCUT2D eigenvalue weighted by atomic mass is 9.51. The third-order valence-corrected chi connectivity index (χ3v) is 11.1. The van der Waals surface area contributed by atoms with Gasteiger partial charge in [0.2, 0.25) is 10.0 Å². The van der Waals surface area contributed by atoms with Gasteiger partial charge in [0.15, 0.2) is 0 Å². The van der Waals surface area contributed by atoms with E-state index in [0.29, 0.717) is 24.3 Å². The van der Waals surface area contributed by atoms with Crippen LogP contribution in [0.1, 0.15) is 49.8 Å². The Kier molecular flexibility index (Phi) is 6.16. The first-order valence-electron chi connectivity index (χ1n) is 13.7. The second-order valence-electron chi connectivity index (χ2n) is 11.8. The summed E-state index contributed by atoms with van der Waals surface area (Å²) < 4.78 is 36.6. The number of hydrogen-bond donors (Lipinski definition) is 1. The molecule has 37 heavy (non-hydrogen) atoms. The van der Waals surface area contributed by atoms with Gasteiger partial charge in [-0.05, 0) is 61.8 Å². The maximum absolute atomic E-state index is 14.0. The quantitative estimate of drug-likeness (QED) is 0.518. The van der Waals surface area contributed by atoms with Gasteiger partial charge in [0, 0.05) is 35.7 Å². The zero-order valence-corrected chi connectivity index (χ0v) is 22.7. The summed E-state index contributed by atoms with van der Waals surface area (Å²) in [5.41, 5.74) is 2.69. The van der Waals surface area contributed by atoms with E-state index in [4.69, 9.17) is 4.74 Å². The van der Waals surface area contributed by atoms with Crippen LogP contribution in [0.15, 0.2) is 55.1 Å². The largest absolute Gasteiger partial charge is 0.508 e.